The Morgan fingerprint density at radius 2 is 1.37 bits per heavy atom. The van der Waals surface area contributed by atoms with Gasteiger partial charge in [0.05, 0.1) is 12.3 Å². The highest BCUT2D eigenvalue weighted by atomic mass is 16.7. The molecule has 0 bridgehead atoms. The van der Waals surface area contributed by atoms with E-state index in [4.69, 9.17) is 18.9 Å². The van der Waals surface area contributed by atoms with Crippen LogP contribution in [0, 0.1) is 0 Å². The lowest BCUT2D eigenvalue weighted by atomic mass is 10.1. The van der Waals surface area contributed by atoms with Gasteiger partial charge in [-0.2, -0.15) is 0 Å². The zero-order valence-corrected chi connectivity index (χ0v) is 19.4. The molecule has 0 fully saturated rings. The van der Waals surface area contributed by atoms with Gasteiger partial charge in [-0.05, 0) is 42.8 Å². The maximum atomic E-state index is 13.0. The van der Waals surface area contributed by atoms with Crippen LogP contribution >= 0.6 is 0 Å². The van der Waals surface area contributed by atoms with Crippen LogP contribution in [0.5, 0.6) is 17.2 Å². The number of amides is 1. The van der Waals surface area contributed by atoms with Crippen molar-refractivity contribution >= 4 is 23.9 Å². The number of ether oxygens (including phenoxy) is 4. The molecule has 1 amide bonds. The molecule has 0 aliphatic heterocycles. The van der Waals surface area contributed by atoms with Crippen molar-refractivity contribution in [2.75, 3.05) is 11.9 Å². The number of carbonyl (C=O) groups excluding carboxylic acids is 3. The van der Waals surface area contributed by atoms with Crippen molar-refractivity contribution in [3.8, 4) is 17.2 Å². The number of anilines is 1. The minimum Gasteiger partial charge on any atom is -0.462 e. The van der Waals surface area contributed by atoms with Gasteiger partial charge in [0.2, 0.25) is 0 Å². The molecule has 0 aromatic heterocycles. The first-order valence-corrected chi connectivity index (χ1v) is 11.4. The summed E-state index contributed by atoms with van der Waals surface area (Å²) in [7, 11) is 0. The Bertz CT molecular complexity index is 1040. The SMILES string of the molecule is CCCCCCOC(=O)c1c(NC(=O)Oc2ccccc2)cccc1OC(=O)Oc1ccccc1. The van der Waals surface area contributed by atoms with Gasteiger partial charge in [-0.15, -0.1) is 0 Å². The summed E-state index contributed by atoms with van der Waals surface area (Å²) in [5, 5.41) is 2.52. The summed E-state index contributed by atoms with van der Waals surface area (Å²) in [6, 6.07) is 21.2. The average molecular weight is 478 g/mol. The summed E-state index contributed by atoms with van der Waals surface area (Å²) in [6.45, 7) is 2.27. The van der Waals surface area contributed by atoms with Crippen LogP contribution in [0.4, 0.5) is 15.3 Å². The highest BCUT2D eigenvalue weighted by Gasteiger charge is 2.23. The summed E-state index contributed by atoms with van der Waals surface area (Å²) in [6.07, 6.45) is 1.82. The van der Waals surface area contributed by atoms with Gasteiger partial charge in [0, 0.05) is 0 Å². The van der Waals surface area contributed by atoms with Crippen LogP contribution in [0.1, 0.15) is 43.0 Å². The minimum absolute atomic E-state index is 0.0644. The molecule has 1 N–H and O–H groups in total. The second kappa shape index (κ2) is 13.4. The van der Waals surface area contributed by atoms with Crippen LogP contribution in [-0.2, 0) is 4.74 Å². The third kappa shape index (κ3) is 8.19. The summed E-state index contributed by atoms with van der Waals surface area (Å²) in [5.41, 5.74) is -0.0625. The predicted octanol–water partition coefficient (Wildman–Crippen LogP) is 6.61. The van der Waals surface area contributed by atoms with Gasteiger partial charge in [0.1, 0.15) is 17.1 Å². The monoisotopic (exact) mass is 477 g/mol. The Morgan fingerprint density at radius 3 is 2.03 bits per heavy atom. The van der Waals surface area contributed by atoms with E-state index >= 15 is 0 Å². The Morgan fingerprint density at radius 1 is 0.714 bits per heavy atom. The van der Waals surface area contributed by atoms with E-state index in [0.717, 1.165) is 19.3 Å². The summed E-state index contributed by atoms with van der Waals surface area (Å²) in [5.74, 6) is -0.274. The van der Waals surface area contributed by atoms with Crippen LogP contribution in [0.2, 0.25) is 0 Å². The van der Waals surface area contributed by atoms with Crippen LogP contribution in [-0.4, -0.2) is 24.8 Å². The number of nitrogens with one attached hydrogen (secondary N) is 1. The van der Waals surface area contributed by atoms with Gasteiger partial charge < -0.3 is 18.9 Å². The van der Waals surface area contributed by atoms with Crippen molar-refractivity contribution in [2.24, 2.45) is 0 Å². The fourth-order valence-corrected chi connectivity index (χ4v) is 3.12. The van der Waals surface area contributed by atoms with Gasteiger partial charge in [-0.1, -0.05) is 68.7 Å². The Balaban J connectivity index is 1.77. The molecule has 0 saturated heterocycles. The highest BCUT2D eigenvalue weighted by molar-refractivity contribution is 6.02. The molecule has 182 valence electrons. The number of esters is 1. The molecule has 0 spiro atoms. The van der Waals surface area contributed by atoms with E-state index < -0.39 is 18.2 Å². The lowest BCUT2D eigenvalue weighted by Gasteiger charge is -2.15. The van der Waals surface area contributed by atoms with E-state index in [1.165, 1.54) is 18.2 Å². The van der Waals surface area contributed by atoms with Gasteiger partial charge in [0.25, 0.3) is 0 Å². The Hall–Kier alpha value is -4.33. The van der Waals surface area contributed by atoms with E-state index in [-0.39, 0.29) is 29.4 Å². The third-order valence-corrected chi connectivity index (χ3v) is 4.79. The number of hydrogen-bond acceptors (Lipinski definition) is 7. The van der Waals surface area contributed by atoms with Crippen molar-refractivity contribution in [2.45, 2.75) is 32.6 Å². The first-order chi connectivity index (χ1) is 17.1. The average Bonchev–Trinajstić information content (AvgIpc) is 2.85. The topological polar surface area (TPSA) is 100 Å². The predicted molar refractivity (Wildman–Crippen MR) is 130 cm³/mol. The van der Waals surface area contributed by atoms with Gasteiger partial charge in [-0.25, -0.2) is 14.4 Å². The molecular weight excluding hydrogens is 450 g/mol. The Labute approximate surface area is 203 Å². The van der Waals surface area contributed by atoms with Crippen molar-refractivity contribution in [1.82, 2.24) is 0 Å². The molecule has 8 nitrogen and oxygen atoms in total. The number of hydrogen-bond donors (Lipinski definition) is 1. The zero-order valence-electron chi connectivity index (χ0n) is 19.4. The van der Waals surface area contributed by atoms with Crippen molar-refractivity contribution in [3.63, 3.8) is 0 Å². The summed E-state index contributed by atoms with van der Waals surface area (Å²) < 4.78 is 21.1. The molecule has 0 heterocycles. The maximum Gasteiger partial charge on any atom is 0.519 e. The summed E-state index contributed by atoms with van der Waals surface area (Å²) >= 11 is 0. The van der Waals surface area contributed by atoms with E-state index in [1.807, 2.05) is 0 Å². The first-order valence-electron chi connectivity index (χ1n) is 11.4. The van der Waals surface area contributed by atoms with Crippen LogP contribution in [0.25, 0.3) is 0 Å². The van der Waals surface area contributed by atoms with Crippen molar-refractivity contribution in [3.05, 3.63) is 84.4 Å². The smallest absolute Gasteiger partial charge is 0.462 e. The van der Waals surface area contributed by atoms with Gasteiger partial charge >= 0.3 is 18.2 Å². The lowest BCUT2D eigenvalue weighted by Crippen LogP contribution is -2.21. The molecule has 0 atom stereocenters. The molecule has 0 unspecified atom stereocenters. The molecule has 3 rings (SSSR count). The van der Waals surface area contributed by atoms with E-state index in [1.54, 1.807) is 60.7 Å². The van der Waals surface area contributed by atoms with Crippen LogP contribution in [0.15, 0.2) is 78.9 Å². The van der Waals surface area contributed by atoms with Crippen molar-refractivity contribution < 1.29 is 33.3 Å². The standard InChI is InChI=1S/C27H27NO7/c1-2-3-4-11-19-32-25(29)24-22(28-26(30)33-20-13-7-5-8-14-20)17-12-18-23(24)35-27(31)34-21-15-9-6-10-16-21/h5-10,12-18H,2-4,11,19H2,1H3,(H,28,30). The molecule has 0 radical (unpaired) electrons. The minimum atomic E-state index is -1.04. The number of unbranched alkanes of at least 4 members (excludes halogenated alkanes) is 3. The molecule has 3 aromatic rings. The largest absolute Gasteiger partial charge is 0.519 e. The summed E-state index contributed by atoms with van der Waals surface area (Å²) in [4.78, 5) is 37.8. The molecule has 3 aromatic carbocycles. The lowest BCUT2D eigenvalue weighted by molar-refractivity contribution is 0.0495. The van der Waals surface area contributed by atoms with E-state index in [2.05, 4.69) is 12.2 Å². The van der Waals surface area contributed by atoms with Gasteiger partial charge in [-0.3, -0.25) is 5.32 Å². The first kappa shape index (κ1) is 25.3. The fraction of sp³-hybridized carbons (Fsp3) is 0.222. The number of benzene rings is 3. The third-order valence-electron chi connectivity index (χ3n) is 4.79. The molecule has 0 aliphatic rings. The number of carbonyl (C=O) groups is 3. The van der Waals surface area contributed by atoms with E-state index in [9.17, 15) is 14.4 Å². The van der Waals surface area contributed by atoms with Crippen LogP contribution < -0.4 is 19.5 Å². The molecule has 0 aliphatic carbocycles. The fourth-order valence-electron chi connectivity index (χ4n) is 3.12. The van der Waals surface area contributed by atoms with Crippen LogP contribution in [0.3, 0.4) is 0 Å². The second-order valence-corrected chi connectivity index (χ2v) is 7.47. The Kier molecular flexibility index (Phi) is 9.68. The molecule has 35 heavy (non-hydrogen) atoms. The normalized spacial score (nSPS) is 10.2. The number of rotatable bonds is 10. The molecule has 8 heteroatoms. The van der Waals surface area contributed by atoms with Crippen molar-refractivity contribution in [1.29, 1.82) is 0 Å². The van der Waals surface area contributed by atoms with E-state index in [0.29, 0.717) is 12.2 Å². The zero-order chi connectivity index (χ0) is 24.9. The maximum absolute atomic E-state index is 13.0. The second-order valence-electron chi connectivity index (χ2n) is 7.47. The van der Waals surface area contributed by atoms with Gasteiger partial charge in [0.15, 0.2) is 5.75 Å². The molecule has 0 saturated carbocycles. The quantitative estimate of drug-likeness (QED) is 0.199. The number of para-hydroxylation sites is 2. The highest BCUT2D eigenvalue weighted by Crippen LogP contribution is 2.29. The molecular formula is C27H27NO7.